The Balaban J connectivity index is 2.33. The van der Waals surface area contributed by atoms with Gasteiger partial charge in [-0.2, -0.15) is 0 Å². The number of rotatable bonds is 8. The molecule has 1 aromatic carbocycles. The van der Waals surface area contributed by atoms with E-state index in [9.17, 15) is 0 Å². The number of anilines is 1. The average Bonchev–Trinajstić information content (AvgIpc) is 2.34. The van der Waals surface area contributed by atoms with Crippen LogP contribution in [0.1, 0.15) is 37.3 Å². The van der Waals surface area contributed by atoms with Crippen LogP contribution in [0.5, 0.6) is 0 Å². The summed E-state index contributed by atoms with van der Waals surface area (Å²) in [6, 6.07) is 6.38. The van der Waals surface area contributed by atoms with Gasteiger partial charge >= 0.3 is 0 Å². The van der Waals surface area contributed by atoms with Crippen LogP contribution in [0.15, 0.2) is 18.2 Å². The maximum Gasteiger partial charge on any atom is 0.0739 e. The lowest BCUT2D eigenvalue weighted by molar-refractivity contribution is 0.557. The van der Waals surface area contributed by atoms with Gasteiger partial charge in [-0.3, -0.25) is 5.32 Å². The van der Waals surface area contributed by atoms with Gasteiger partial charge in [0.05, 0.1) is 6.17 Å². The van der Waals surface area contributed by atoms with Crippen molar-refractivity contribution in [1.82, 2.24) is 5.32 Å². The number of hydrogen-bond donors (Lipinski definition) is 3. The zero-order valence-corrected chi connectivity index (χ0v) is 11.9. The number of aryl methyl sites for hydroxylation is 2. The second-order valence-electron chi connectivity index (χ2n) is 4.94. The molecule has 0 fully saturated rings. The van der Waals surface area contributed by atoms with Crippen molar-refractivity contribution in [3.8, 4) is 0 Å². The molecule has 0 aliphatic carbocycles. The monoisotopic (exact) mass is 249 g/mol. The fourth-order valence-corrected chi connectivity index (χ4v) is 2.07. The van der Waals surface area contributed by atoms with E-state index in [0.29, 0.717) is 6.17 Å². The summed E-state index contributed by atoms with van der Waals surface area (Å²) in [5, 5.41) is 7.03. The topological polar surface area (TPSA) is 50.1 Å². The first-order chi connectivity index (χ1) is 8.65. The van der Waals surface area contributed by atoms with Crippen LogP contribution in [0.2, 0.25) is 0 Å². The van der Waals surface area contributed by atoms with E-state index in [0.717, 1.165) is 19.5 Å². The first-order valence-corrected chi connectivity index (χ1v) is 6.91. The van der Waals surface area contributed by atoms with Gasteiger partial charge in [-0.05, 0) is 57.8 Å². The van der Waals surface area contributed by atoms with E-state index in [1.54, 1.807) is 0 Å². The minimum Gasteiger partial charge on any atom is -0.370 e. The van der Waals surface area contributed by atoms with Crippen molar-refractivity contribution in [3.05, 3.63) is 29.3 Å². The summed E-state index contributed by atoms with van der Waals surface area (Å²) < 4.78 is 0. The van der Waals surface area contributed by atoms with E-state index in [4.69, 9.17) is 5.73 Å². The molecule has 0 amide bonds. The number of nitrogens with one attached hydrogen (secondary N) is 2. The van der Waals surface area contributed by atoms with Crippen LogP contribution < -0.4 is 16.4 Å². The molecule has 1 unspecified atom stereocenters. The molecule has 0 bridgehead atoms. The Morgan fingerprint density at radius 2 is 1.78 bits per heavy atom. The fourth-order valence-electron chi connectivity index (χ4n) is 2.07. The lowest BCUT2D eigenvalue weighted by Gasteiger charge is -2.20. The Morgan fingerprint density at radius 3 is 2.39 bits per heavy atom. The molecule has 0 saturated heterocycles. The van der Waals surface area contributed by atoms with Crippen molar-refractivity contribution in [2.75, 3.05) is 18.4 Å². The maximum absolute atomic E-state index is 5.47. The normalized spacial score (nSPS) is 12.4. The van der Waals surface area contributed by atoms with Crippen LogP contribution in [0, 0.1) is 13.8 Å². The van der Waals surface area contributed by atoms with Crippen LogP contribution in [-0.4, -0.2) is 19.3 Å². The molecule has 4 N–H and O–H groups in total. The van der Waals surface area contributed by atoms with Crippen LogP contribution >= 0.6 is 0 Å². The van der Waals surface area contributed by atoms with E-state index >= 15 is 0 Å². The van der Waals surface area contributed by atoms with Crippen molar-refractivity contribution >= 4 is 5.69 Å². The molecule has 102 valence electrons. The van der Waals surface area contributed by atoms with E-state index in [1.807, 2.05) is 0 Å². The molecule has 0 aliphatic rings. The highest BCUT2D eigenvalue weighted by molar-refractivity contribution is 5.56. The first-order valence-electron chi connectivity index (χ1n) is 6.91. The number of benzene rings is 1. The predicted octanol–water partition coefficient (Wildman–Crippen LogP) is 2.78. The molecule has 1 atom stereocenters. The Kier molecular flexibility index (Phi) is 6.76. The standard InChI is InChI=1S/C15H27N3/c1-12-8-7-9-13(2)15(12)18-14(3)17-11-6-4-5-10-16/h7-9,14,17-18H,4-6,10-11,16H2,1-3H3. The van der Waals surface area contributed by atoms with Gasteiger partial charge in [-0.25, -0.2) is 0 Å². The van der Waals surface area contributed by atoms with Crippen molar-refractivity contribution < 1.29 is 0 Å². The zero-order valence-electron chi connectivity index (χ0n) is 11.9. The van der Waals surface area contributed by atoms with E-state index in [1.165, 1.54) is 29.7 Å². The third-order valence-electron chi connectivity index (χ3n) is 3.17. The predicted molar refractivity (Wildman–Crippen MR) is 79.9 cm³/mol. The number of para-hydroxylation sites is 1. The highest BCUT2D eigenvalue weighted by Crippen LogP contribution is 2.19. The van der Waals surface area contributed by atoms with Crippen molar-refractivity contribution in [2.24, 2.45) is 5.73 Å². The number of nitrogens with two attached hydrogens (primary N) is 1. The molecule has 0 aliphatic heterocycles. The van der Waals surface area contributed by atoms with Crippen LogP contribution in [0.3, 0.4) is 0 Å². The third kappa shape index (κ3) is 5.07. The summed E-state index contributed by atoms with van der Waals surface area (Å²) in [5.41, 5.74) is 9.32. The summed E-state index contributed by atoms with van der Waals surface area (Å²) in [6.45, 7) is 8.29. The Bertz CT molecular complexity index is 329. The molecule has 18 heavy (non-hydrogen) atoms. The highest BCUT2D eigenvalue weighted by atomic mass is 15.1. The van der Waals surface area contributed by atoms with Gasteiger partial charge in [-0.1, -0.05) is 24.6 Å². The Hall–Kier alpha value is -1.06. The Labute approximate surface area is 111 Å². The molecule has 1 rings (SSSR count). The Morgan fingerprint density at radius 1 is 1.11 bits per heavy atom. The quantitative estimate of drug-likeness (QED) is 0.490. The second kappa shape index (κ2) is 8.11. The number of unbranched alkanes of at least 4 members (excludes halogenated alkanes) is 2. The van der Waals surface area contributed by atoms with Gasteiger partial charge in [0.25, 0.3) is 0 Å². The summed E-state index contributed by atoms with van der Waals surface area (Å²) in [7, 11) is 0. The first kappa shape index (κ1) is 15.0. The van der Waals surface area contributed by atoms with Gasteiger partial charge in [0, 0.05) is 5.69 Å². The summed E-state index contributed by atoms with van der Waals surface area (Å²) in [4.78, 5) is 0. The van der Waals surface area contributed by atoms with Crippen LogP contribution in [0.4, 0.5) is 5.69 Å². The highest BCUT2D eigenvalue weighted by Gasteiger charge is 2.05. The van der Waals surface area contributed by atoms with Gasteiger partial charge < -0.3 is 11.1 Å². The van der Waals surface area contributed by atoms with Gasteiger partial charge in [0.2, 0.25) is 0 Å². The lowest BCUT2D eigenvalue weighted by atomic mass is 10.1. The molecular weight excluding hydrogens is 222 g/mol. The summed E-state index contributed by atoms with van der Waals surface area (Å²) >= 11 is 0. The average molecular weight is 249 g/mol. The van der Waals surface area contributed by atoms with Gasteiger partial charge in [0.1, 0.15) is 0 Å². The minimum absolute atomic E-state index is 0.294. The maximum atomic E-state index is 5.47. The molecule has 1 aromatic rings. The lowest BCUT2D eigenvalue weighted by Crippen LogP contribution is -2.34. The molecule has 0 aromatic heterocycles. The van der Waals surface area contributed by atoms with Crippen LogP contribution in [-0.2, 0) is 0 Å². The smallest absolute Gasteiger partial charge is 0.0739 e. The largest absolute Gasteiger partial charge is 0.370 e. The molecule has 3 heteroatoms. The SMILES string of the molecule is Cc1cccc(C)c1NC(C)NCCCCCN. The molecule has 0 heterocycles. The number of hydrogen-bond acceptors (Lipinski definition) is 3. The van der Waals surface area contributed by atoms with Crippen molar-refractivity contribution in [3.63, 3.8) is 0 Å². The van der Waals surface area contributed by atoms with E-state index in [-0.39, 0.29) is 0 Å². The molecule has 0 spiro atoms. The van der Waals surface area contributed by atoms with E-state index < -0.39 is 0 Å². The zero-order chi connectivity index (χ0) is 13.4. The van der Waals surface area contributed by atoms with Crippen molar-refractivity contribution in [1.29, 1.82) is 0 Å². The molecule has 0 saturated carbocycles. The van der Waals surface area contributed by atoms with E-state index in [2.05, 4.69) is 49.6 Å². The second-order valence-corrected chi connectivity index (χ2v) is 4.94. The fraction of sp³-hybridized carbons (Fsp3) is 0.600. The summed E-state index contributed by atoms with van der Waals surface area (Å²) in [6.07, 6.45) is 3.82. The van der Waals surface area contributed by atoms with Gasteiger partial charge in [-0.15, -0.1) is 0 Å². The summed E-state index contributed by atoms with van der Waals surface area (Å²) in [5.74, 6) is 0. The third-order valence-corrected chi connectivity index (χ3v) is 3.17. The molecule has 0 radical (unpaired) electrons. The molecule has 3 nitrogen and oxygen atoms in total. The van der Waals surface area contributed by atoms with Crippen molar-refractivity contribution in [2.45, 2.75) is 46.2 Å². The van der Waals surface area contributed by atoms with Gasteiger partial charge in [0.15, 0.2) is 0 Å². The minimum atomic E-state index is 0.294. The molecular formula is C15H27N3. The van der Waals surface area contributed by atoms with Crippen LogP contribution in [0.25, 0.3) is 0 Å².